The molecule has 0 N–H and O–H groups in total. The van der Waals surface area contributed by atoms with Crippen molar-refractivity contribution in [2.45, 2.75) is 0 Å². The van der Waals surface area contributed by atoms with Crippen LogP contribution in [0.3, 0.4) is 0 Å². The lowest BCUT2D eigenvalue weighted by Gasteiger charge is -2.11. The van der Waals surface area contributed by atoms with E-state index in [1.807, 2.05) is 29.5 Å². The van der Waals surface area contributed by atoms with E-state index in [-0.39, 0.29) is 0 Å². The van der Waals surface area contributed by atoms with Gasteiger partial charge in [0.2, 0.25) is 0 Å². The zero-order valence-electron chi connectivity index (χ0n) is 38.1. The highest BCUT2D eigenvalue weighted by Gasteiger charge is 2.23. The maximum absolute atomic E-state index is 6.32. The van der Waals surface area contributed by atoms with E-state index < -0.39 is 0 Å². The third kappa shape index (κ3) is 5.66. The summed E-state index contributed by atoms with van der Waals surface area (Å²) < 4.78 is 20.1. The molecule has 71 heavy (non-hydrogen) atoms. The van der Waals surface area contributed by atoms with Gasteiger partial charge in [0.1, 0.15) is 22.3 Å². The van der Waals surface area contributed by atoms with E-state index in [0.717, 1.165) is 66.4 Å². The van der Waals surface area contributed by atoms with Gasteiger partial charge in [0.15, 0.2) is 0 Å². The highest BCUT2D eigenvalue weighted by atomic mass is 32.1. The molecule has 0 bridgehead atoms. The molecule has 5 heterocycles. The molecule has 0 spiro atoms. The number of para-hydroxylation sites is 2. The smallest absolute Gasteiger partial charge is 0.135 e. The summed E-state index contributed by atoms with van der Waals surface area (Å²) in [7, 11) is 0. The molecule has 0 aliphatic carbocycles. The van der Waals surface area contributed by atoms with Crippen LogP contribution in [0.2, 0.25) is 0 Å². The maximum atomic E-state index is 6.32. The lowest BCUT2D eigenvalue weighted by molar-refractivity contribution is 0.668. The second kappa shape index (κ2) is 14.7. The topological polar surface area (TPSA) is 36.1 Å². The molecule has 330 valence electrons. The zero-order chi connectivity index (χ0) is 46.3. The van der Waals surface area contributed by atoms with E-state index in [1.54, 1.807) is 0 Å². The van der Waals surface area contributed by atoms with Gasteiger partial charge in [-0.15, -0.1) is 11.3 Å². The quantitative estimate of drug-likeness (QED) is 0.172. The summed E-state index contributed by atoms with van der Waals surface area (Å²) in [5.41, 5.74) is 17.7. The molecule has 5 heteroatoms. The van der Waals surface area contributed by atoms with Gasteiger partial charge in [-0.1, -0.05) is 140 Å². The Hall–Kier alpha value is -9.16. The van der Waals surface area contributed by atoms with E-state index in [1.165, 1.54) is 86.0 Å². The Morgan fingerprint density at radius 3 is 1.27 bits per heavy atom. The van der Waals surface area contributed by atoms with Crippen LogP contribution in [-0.2, 0) is 0 Å². The summed E-state index contributed by atoms with van der Waals surface area (Å²) in [6.45, 7) is 0. The molecular weight excluding hydrogens is 885 g/mol. The Labute approximate surface area is 410 Å². The van der Waals surface area contributed by atoms with Crippen LogP contribution in [0.5, 0.6) is 0 Å². The van der Waals surface area contributed by atoms with Crippen LogP contribution in [-0.4, -0.2) is 9.13 Å². The Bertz CT molecular complexity index is 4870. The summed E-state index contributed by atoms with van der Waals surface area (Å²) in [6.07, 6.45) is 0. The van der Waals surface area contributed by atoms with Crippen molar-refractivity contribution in [3.8, 4) is 44.8 Å². The van der Waals surface area contributed by atoms with Crippen LogP contribution < -0.4 is 0 Å². The molecular formula is C66H38N2O2S. The first kappa shape index (κ1) is 38.8. The number of rotatable bonds is 5. The molecule has 0 fully saturated rings. The average Bonchev–Trinajstić information content (AvgIpc) is 4.25. The van der Waals surface area contributed by atoms with Crippen LogP contribution in [0.4, 0.5) is 0 Å². The van der Waals surface area contributed by atoms with Crippen LogP contribution in [0.15, 0.2) is 239 Å². The summed E-state index contributed by atoms with van der Waals surface area (Å²) in [5.74, 6) is 0. The molecule has 11 aromatic carbocycles. The first-order valence-electron chi connectivity index (χ1n) is 24.1. The van der Waals surface area contributed by atoms with Gasteiger partial charge in [0.05, 0.1) is 22.1 Å². The summed E-state index contributed by atoms with van der Waals surface area (Å²) >= 11 is 1.93. The Morgan fingerprint density at radius 1 is 0.254 bits per heavy atom. The first-order valence-corrected chi connectivity index (χ1v) is 25.0. The lowest BCUT2D eigenvalue weighted by atomic mass is 10.0. The molecule has 4 nitrogen and oxygen atoms in total. The van der Waals surface area contributed by atoms with Crippen molar-refractivity contribution in [1.29, 1.82) is 0 Å². The van der Waals surface area contributed by atoms with Gasteiger partial charge in [-0.2, -0.15) is 0 Å². The molecule has 0 radical (unpaired) electrons. The number of thiophene rings is 1. The van der Waals surface area contributed by atoms with E-state index >= 15 is 0 Å². The van der Waals surface area contributed by atoms with Crippen molar-refractivity contribution in [1.82, 2.24) is 9.13 Å². The number of benzene rings is 11. The predicted molar refractivity (Wildman–Crippen MR) is 299 cm³/mol. The number of furan rings is 2. The molecule has 16 rings (SSSR count). The molecule has 0 saturated carbocycles. The monoisotopic (exact) mass is 922 g/mol. The number of hydrogen-bond donors (Lipinski definition) is 0. The number of hydrogen-bond acceptors (Lipinski definition) is 3. The first-order chi connectivity index (χ1) is 35.2. The third-order valence-corrected chi connectivity index (χ3v) is 16.2. The maximum Gasteiger partial charge on any atom is 0.135 e. The minimum atomic E-state index is 0.892. The molecule has 0 aliphatic rings. The average molecular weight is 923 g/mol. The second-order valence-corrected chi connectivity index (χ2v) is 19.8. The zero-order valence-corrected chi connectivity index (χ0v) is 38.9. The molecule has 5 aromatic heterocycles. The lowest BCUT2D eigenvalue weighted by Crippen LogP contribution is -1.94. The fourth-order valence-corrected chi connectivity index (χ4v) is 13.1. The standard InChI is InChI=1S/C66H38N2O2S/c1-3-12-39(13-4-1)42-22-28-55-53(36-42)63-57(67(55)45-17-11-16-41(34-45)44-24-32-61-51(35-44)47-18-7-9-20-59(47)69-61)30-26-49-50-27-31-58-64(66(50)71-65(49)63)54-37-43(40-14-5-2-6-15-40)23-29-56(54)68(58)46-25-33-62-52(38-46)48-19-8-10-21-60(48)70-62/h1-38H. The van der Waals surface area contributed by atoms with Gasteiger partial charge in [-0.25, -0.2) is 0 Å². The normalized spacial score (nSPS) is 12.2. The number of nitrogens with zero attached hydrogens (tertiary/aromatic N) is 2. The fraction of sp³-hybridized carbons (Fsp3) is 0. The van der Waals surface area contributed by atoms with Gasteiger partial charge in [-0.05, 0) is 124 Å². The van der Waals surface area contributed by atoms with Gasteiger partial charge >= 0.3 is 0 Å². The second-order valence-electron chi connectivity index (χ2n) is 18.8. The Morgan fingerprint density at radius 2 is 0.676 bits per heavy atom. The molecule has 0 unspecified atom stereocenters. The van der Waals surface area contributed by atoms with Crippen molar-refractivity contribution in [3.05, 3.63) is 231 Å². The Balaban J connectivity index is 0.966. The van der Waals surface area contributed by atoms with Crippen molar-refractivity contribution < 1.29 is 8.83 Å². The SMILES string of the molecule is c1ccc(-c2ccc3c(c2)c2c4sc5c(ccc6c5c5cc(-c7ccccc7)ccc5n6-c5ccc6oc7ccccc7c6c5)c4ccc2n3-c2cccc(-c3ccc4oc5ccccc5c4c3)c2)cc1. The van der Waals surface area contributed by atoms with Crippen molar-refractivity contribution in [2.24, 2.45) is 0 Å². The van der Waals surface area contributed by atoms with Crippen molar-refractivity contribution >= 4 is 119 Å². The van der Waals surface area contributed by atoms with Gasteiger partial charge < -0.3 is 18.0 Å². The largest absolute Gasteiger partial charge is 0.456 e. The highest BCUT2D eigenvalue weighted by Crippen LogP contribution is 2.49. The van der Waals surface area contributed by atoms with Gasteiger partial charge in [-0.3, -0.25) is 0 Å². The fourth-order valence-electron chi connectivity index (χ4n) is 11.7. The van der Waals surface area contributed by atoms with Crippen LogP contribution in [0, 0.1) is 0 Å². The molecule has 0 saturated heterocycles. The molecule has 0 atom stereocenters. The van der Waals surface area contributed by atoms with Crippen LogP contribution >= 0.6 is 11.3 Å². The van der Waals surface area contributed by atoms with Gasteiger partial charge in [0.25, 0.3) is 0 Å². The van der Waals surface area contributed by atoms with Crippen LogP contribution in [0.25, 0.3) is 152 Å². The minimum Gasteiger partial charge on any atom is -0.456 e. The number of fused-ring (bicyclic) bond motifs is 17. The van der Waals surface area contributed by atoms with Crippen molar-refractivity contribution in [3.63, 3.8) is 0 Å². The van der Waals surface area contributed by atoms with Gasteiger partial charge in [0, 0.05) is 74.6 Å². The number of aromatic nitrogens is 2. The van der Waals surface area contributed by atoms with E-state index in [9.17, 15) is 0 Å². The van der Waals surface area contributed by atoms with Crippen LogP contribution in [0.1, 0.15) is 0 Å². The predicted octanol–water partition coefficient (Wildman–Crippen LogP) is 19.0. The van der Waals surface area contributed by atoms with E-state index in [0.29, 0.717) is 0 Å². The molecule has 16 aromatic rings. The Kier molecular flexibility index (Phi) is 8.01. The molecule has 0 aliphatic heterocycles. The summed E-state index contributed by atoms with van der Waals surface area (Å²) in [4.78, 5) is 0. The van der Waals surface area contributed by atoms with Crippen molar-refractivity contribution in [2.75, 3.05) is 0 Å². The van der Waals surface area contributed by atoms with E-state index in [2.05, 4.69) is 221 Å². The third-order valence-electron chi connectivity index (χ3n) is 14.9. The van der Waals surface area contributed by atoms with E-state index in [4.69, 9.17) is 8.83 Å². The molecule has 0 amide bonds. The summed E-state index contributed by atoms with van der Waals surface area (Å²) in [5, 5.41) is 12.0. The highest BCUT2D eigenvalue weighted by molar-refractivity contribution is 7.27. The summed E-state index contributed by atoms with van der Waals surface area (Å²) in [6, 6.07) is 83.8. The minimum absolute atomic E-state index is 0.892.